The number of carbonyl (C=O) groups is 1. The lowest BCUT2D eigenvalue weighted by Gasteiger charge is -2.09. The number of methoxy groups -OCH3 is 1. The zero-order valence-corrected chi connectivity index (χ0v) is 18.2. The van der Waals surface area contributed by atoms with Crippen molar-refractivity contribution < 1.29 is 14.3 Å². The van der Waals surface area contributed by atoms with Crippen LogP contribution >= 0.6 is 15.9 Å². The van der Waals surface area contributed by atoms with Crippen LogP contribution in [0.25, 0.3) is 11.2 Å². The second kappa shape index (κ2) is 9.09. The Labute approximate surface area is 186 Å². The average Bonchev–Trinajstić information content (AvgIpc) is 3.09. The summed E-state index contributed by atoms with van der Waals surface area (Å²) in [7, 11) is 1.37. The van der Waals surface area contributed by atoms with Gasteiger partial charge in [-0.05, 0) is 39.2 Å². The summed E-state index contributed by atoms with van der Waals surface area (Å²) in [5, 5.41) is 0. The zero-order valence-electron chi connectivity index (χ0n) is 16.7. The highest BCUT2D eigenvalue weighted by atomic mass is 79.9. The summed E-state index contributed by atoms with van der Waals surface area (Å²) in [4.78, 5) is 29.0. The molecule has 0 bridgehead atoms. The van der Waals surface area contributed by atoms with E-state index in [4.69, 9.17) is 15.2 Å². The van der Waals surface area contributed by atoms with Crippen molar-refractivity contribution in [2.24, 2.45) is 0 Å². The fraction of sp³-hybridized carbons (Fsp3) is 0.190. The summed E-state index contributed by atoms with van der Waals surface area (Å²) in [6, 6.07) is 13.4. The summed E-state index contributed by atoms with van der Waals surface area (Å²) in [5.74, 6) is -0.0680. The molecule has 9 nitrogen and oxygen atoms in total. The number of fused-ring (bicyclic) bond motifs is 1. The van der Waals surface area contributed by atoms with Gasteiger partial charge in [0.1, 0.15) is 6.61 Å². The molecule has 0 amide bonds. The number of nitrogen functional groups attached to an aromatic ring is 1. The van der Waals surface area contributed by atoms with E-state index >= 15 is 0 Å². The predicted octanol–water partition coefficient (Wildman–Crippen LogP) is 2.91. The molecule has 0 spiro atoms. The molecule has 0 atom stereocenters. The Morgan fingerprint density at radius 3 is 2.74 bits per heavy atom. The molecule has 4 rings (SSSR count). The molecule has 0 unspecified atom stereocenters. The molecule has 0 aliphatic heterocycles. The summed E-state index contributed by atoms with van der Waals surface area (Å²) in [6.07, 6.45) is 1.90. The third kappa shape index (κ3) is 4.80. The topological polar surface area (TPSA) is 118 Å². The minimum absolute atomic E-state index is 0.142. The number of benzene rings is 1. The Morgan fingerprint density at radius 2 is 1.97 bits per heavy atom. The highest BCUT2D eigenvalue weighted by Crippen LogP contribution is 2.26. The van der Waals surface area contributed by atoms with E-state index in [1.165, 1.54) is 7.11 Å². The maximum Gasteiger partial charge on any atom is 0.320 e. The van der Waals surface area contributed by atoms with Crippen LogP contribution in [0.4, 0.5) is 5.82 Å². The number of esters is 1. The van der Waals surface area contributed by atoms with Gasteiger partial charge in [0.15, 0.2) is 21.7 Å². The molecule has 0 radical (unpaired) electrons. The molecule has 4 aromatic rings. The third-order valence-electron chi connectivity index (χ3n) is 4.54. The van der Waals surface area contributed by atoms with E-state index in [0.29, 0.717) is 22.4 Å². The van der Waals surface area contributed by atoms with Gasteiger partial charge in [0.25, 0.3) is 0 Å². The Kier molecular flexibility index (Phi) is 6.08. The number of hydrogen-bond donors (Lipinski definition) is 1. The molecular formula is C21H19BrN6O3. The van der Waals surface area contributed by atoms with E-state index in [9.17, 15) is 4.79 Å². The number of nitrogens with zero attached hydrogens (tertiary/aromatic N) is 5. The fourth-order valence-corrected chi connectivity index (χ4v) is 3.53. The third-order valence-corrected chi connectivity index (χ3v) is 5.14. The first kappa shape index (κ1) is 20.7. The number of halogens is 1. The number of carbonyl (C=O) groups excluding carboxylic acids is 1. The van der Waals surface area contributed by atoms with Gasteiger partial charge in [0, 0.05) is 6.20 Å². The van der Waals surface area contributed by atoms with Gasteiger partial charge in [-0.1, -0.05) is 30.3 Å². The number of rotatable bonds is 7. The number of pyridine rings is 1. The van der Waals surface area contributed by atoms with E-state index in [2.05, 4.69) is 35.9 Å². The van der Waals surface area contributed by atoms with Crippen molar-refractivity contribution in [1.29, 1.82) is 0 Å². The molecule has 0 saturated heterocycles. The lowest BCUT2D eigenvalue weighted by Crippen LogP contribution is -2.07. The second-order valence-corrected chi connectivity index (χ2v) is 7.42. The van der Waals surface area contributed by atoms with Crippen molar-refractivity contribution in [2.45, 2.75) is 19.6 Å². The smallest absolute Gasteiger partial charge is 0.320 e. The molecular weight excluding hydrogens is 464 g/mol. The first-order valence-corrected chi connectivity index (χ1v) is 10.2. The minimum Gasteiger partial charge on any atom is -0.469 e. The van der Waals surface area contributed by atoms with Crippen molar-refractivity contribution in [3.05, 3.63) is 70.2 Å². The van der Waals surface area contributed by atoms with Crippen LogP contribution in [0.1, 0.15) is 16.8 Å². The van der Waals surface area contributed by atoms with Crippen LogP contribution in [0.3, 0.4) is 0 Å². The van der Waals surface area contributed by atoms with Crippen LogP contribution < -0.4 is 10.5 Å². The Morgan fingerprint density at radius 1 is 1.13 bits per heavy atom. The summed E-state index contributed by atoms with van der Waals surface area (Å²) in [5.41, 5.74) is 9.69. The van der Waals surface area contributed by atoms with Crippen LogP contribution in [-0.2, 0) is 29.1 Å². The van der Waals surface area contributed by atoms with Crippen molar-refractivity contribution in [3.63, 3.8) is 0 Å². The van der Waals surface area contributed by atoms with Crippen molar-refractivity contribution >= 4 is 38.9 Å². The summed E-state index contributed by atoms with van der Waals surface area (Å²) >= 11 is 3.48. The van der Waals surface area contributed by atoms with Gasteiger partial charge >= 0.3 is 12.0 Å². The van der Waals surface area contributed by atoms with Crippen molar-refractivity contribution in [2.75, 3.05) is 12.8 Å². The van der Waals surface area contributed by atoms with Crippen molar-refractivity contribution in [3.8, 4) is 6.01 Å². The van der Waals surface area contributed by atoms with Gasteiger partial charge in [-0.25, -0.2) is 4.98 Å². The zero-order chi connectivity index (χ0) is 21.8. The molecule has 0 saturated carbocycles. The molecule has 0 aliphatic rings. The monoisotopic (exact) mass is 482 g/mol. The van der Waals surface area contributed by atoms with E-state index in [1.807, 2.05) is 47.0 Å². The lowest BCUT2D eigenvalue weighted by atomic mass is 10.1. The van der Waals surface area contributed by atoms with E-state index < -0.39 is 0 Å². The van der Waals surface area contributed by atoms with Crippen LogP contribution in [0.15, 0.2) is 53.4 Å². The van der Waals surface area contributed by atoms with E-state index in [1.54, 1.807) is 6.20 Å². The normalized spacial score (nSPS) is 10.9. The van der Waals surface area contributed by atoms with Gasteiger partial charge < -0.3 is 15.2 Å². The van der Waals surface area contributed by atoms with Crippen LogP contribution in [0.5, 0.6) is 6.01 Å². The van der Waals surface area contributed by atoms with Gasteiger partial charge in [0.05, 0.1) is 25.8 Å². The largest absolute Gasteiger partial charge is 0.469 e. The predicted molar refractivity (Wildman–Crippen MR) is 117 cm³/mol. The molecule has 3 heterocycles. The standard InChI is InChI=1S/C21H19BrN6O3/c1-30-16(29)10-13-5-4-6-14(9-13)11-28-19-17(25-20(28)22)18(23)26-21(27-19)31-12-15-7-2-3-8-24-15/h2-9H,10-12H2,1H3,(H2,23,26,27). The van der Waals surface area contributed by atoms with Gasteiger partial charge in [-0.3, -0.25) is 14.3 Å². The number of ether oxygens (including phenoxy) is 2. The number of imidazole rings is 1. The summed E-state index contributed by atoms with van der Waals surface area (Å²) < 4.78 is 12.9. The first-order chi connectivity index (χ1) is 15.0. The minimum atomic E-state index is -0.290. The Balaban J connectivity index is 1.62. The highest BCUT2D eigenvalue weighted by molar-refractivity contribution is 9.10. The molecule has 2 N–H and O–H groups in total. The number of aromatic nitrogens is 5. The van der Waals surface area contributed by atoms with Crippen LogP contribution in [-0.4, -0.2) is 37.6 Å². The molecule has 0 aliphatic carbocycles. The maximum absolute atomic E-state index is 11.6. The Hall–Kier alpha value is -3.53. The molecule has 31 heavy (non-hydrogen) atoms. The molecule has 10 heteroatoms. The second-order valence-electron chi connectivity index (χ2n) is 6.71. The van der Waals surface area contributed by atoms with Gasteiger partial charge in [-0.15, -0.1) is 0 Å². The van der Waals surface area contributed by atoms with Crippen LogP contribution in [0, 0.1) is 0 Å². The quantitative estimate of drug-likeness (QED) is 0.315. The number of anilines is 1. The molecule has 3 aromatic heterocycles. The average molecular weight is 483 g/mol. The van der Waals surface area contributed by atoms with E-state index in [0.717, 1.165) is 16.8 Å². The maximum atomic E-state index is 11.6. The number of hydrogen-bond acceptors (Lipinski definition) is 8. The lowest BCUT2D eigenvalue weighted by molar-refractivity contribution is -0.139. The van der Waals surface area contributed by atoms with Gasteiger partial charge in [-0.2, -0.15) is 9.97 Å². The number of nitrogens with two attached hydrogens (primary N) is 1. The SMILES string of the molecule is COC(=O)Cc1cccc(Cn2c(Br)nc3c(N)nc(OCc4ccccn4)nc32)c1. The first-order valence-electron chi connectivity index (χ1n) is 9.40. The molecule has 1 aromatic carbocycles. The Bertz CT molecular complexity index is 1230. The van der Waals surface area contributed by atoms with Crippen molar-refractivity contribution in [1.82, 2.24) is 24.5 Å². The molecule has 0 fully saturated rings. The van der Waals surface area contributed by atoms with Gasteiger partial charge in [0.2, 0.25) is 0 Å². The highest BCUT2D eigenvalue weighted by Gasteiger charge is 2.17. The van der Waals surface area contributed by atoms with Crippen LogP contribution in [0.2, 0.25) is 0 Å². The fourth-order valence-electron chi connectivity index (χ4n) is 3.06. The molecule has 158 valence electrons. The summed E-state index contributed by atoms with van der Waals surface area (Å²) in [6.45, 7) is 0.679. The van der Waals surface area contributed by atoms with E-state index in [-0.39, 0.29) is 30.8 Å².